The summed E-state index contributed by atoms with van der Waals surface area (Å²) < 4.78 is 26.4. The van der Waals surface area contributed by atoms with E-state index in [1.807, 2.05) is 13.8 Å². The second kappa shape index (κ2) is 10.1. The lowest BCUT2D eigenvalue weighted by Crippen LogP contribution is -2.38. The number of carbonyl (C=O) groups is 2. The molecule has 0 aliphatic heterocycles. The van der Waals surface area contributed by atoms with E-state index in [1.165, 1.54) is 0 Å². The Kier molecular flexibility index (Phi) is 8.03. The SMILES string of the molecule is CC[C@@H](C)NC(=O)c1ccccc1NC(=O)CN(c1ccc(I)cc1)S(C)(=O)=O. The number of carbonyl (C=O) groups excluding carboxylic acids is 2. The molecule has 29 heavy (non-hydrogen) atoms. The third-order valence-corrected chi connectivity index (χ3v) is 6.10. The van der Waals surface area contributed by atoms with Crippen LogP contribution in [0.5, 0.6) is 0 Å². The number of benzene rings is 2. The highest BCUT2D eigenvalue weighted by atomic mass is 127. The van der Waals surface area contributed by atoms with Crippen molar-refractivity contribution >= 4 is 55.8 Å². The molecule has 2 amide bonds. The van der Waals surface area contributed by atoms with Gasteiger partial charge in [0.25, 0.3) is 5.91 Å². The lowest BCUT2D eigenvalue weighted by atomic mass is 10.1. The highest BCUT2D eigenvalue weighted by Crippen LogP contribution is 2.20. The molecule has 0 radical (unpaired) electrons. The first-order valence-corrected chi connectivity index (χ1v) is 12.0. The maximum Gasteiger partial charge on any atom is 0.253 e. The topological polar surface area (TPSA) is 95.6 Å². The fraction of sp³-hybridized carbons (Fsp3) is 0.300. The van der Waals surface area contributed by atoms with Crippen molar-refractivity contribution in [2.24, 2.45) is 0 Å². The van der Waals surface area contributed by atoms with Gasteiger partial charge in [-0.1, -0.05) is 19.1 Å². The molecule has 156 valence electrons. The van der Waals surface area contributed by atoms with Crippen LogP contribution < -0.4 is 14.9 Å². The Balaban J connectivity index is 2.21. The number of hydrogen-bond donors (Lipinski definition) is 2. The predicted octanol–water partition coefficient (Wildman–Crippen LogP) is 3.22. The molecule has 2 rings (SSSR count). The summed E-state index contributed by atoms with van der Waals surface area (Å²) in [7, 11) is -3.67. The first kappa shape index (κ1) is 23.1. The van der Waals surface area contributed by atoms with Gasteiger partial charge in [0.1, 0.15) is 6.54 Å². The zero-order chi connectivity index (χ0) is 21.6. The molecule has 0 aromatic heterocycles. The van der Waals surface area contributed by atoms with Crippen LogP contribution in [0.4, 0.5) is 11.4 Å². The van der Waals surface area contributed by atoms with Crippen molar-refractivity contribution in [2.45, 2.75) is 26.3 Å². The number of nitrogens with one attached hydrogen (secondary N) is 2. The standard InChI is InChI=1S/C20H24IN3O4S/c1-4-14(2)22-20(26)17-7-5-6-8-18(17)23-19(25)13-24(29(3,27)28)16-11-9-15(21)10-12-16/h5-12,14H,4,13H2,1-3H3,(H,22,26)(H,23,25)/t14-/m1/s1. The largest absolute Gasteiger partial charge is 0.350 e. The summed E-state index contributed by atoms with van der Waals surface area (Å²) in [6.45, 7) is 3.45. The molecule has 0 saturated heterocycles. The molecule has 7 nitrogen and oxygen atoms in total. The Labute approximate surface area is 185 Å². The fourth-order valence-corrected chi connectivity index (χ4v) is 3.74. The Morgan fingerprint density at radius 3 is 2.31 bits per heavy atom. The summed E-state index contributed by atoms with van der Waals surface area (Å²) >= 11 is 2.12. The van der Waals surface area contributed by atoms with Crippen molar-refractivity contribution in [3.05, 3.63) is 57.7 Å². The Morgan fingerprint density at radius 2 is 1.72 bits per heavy atom. The van der Waals surface area contributed by atoms with Gasteiger partial charge >= 0.3 is 0 Å². The van der Waals surface area contributed by atoms with Crippen molar-refractivity contribution in [1.29, 1.82) is 0 Å². The molecule has 0 aliphatic rings. The van der Waals surface area contributed by atoms with Crippen LogP contribution in [0.25, 0.3) is 0 Å². The van der Waals surface area contributed by atoms with Crippen LogP contribution in [0.2, 0.25) is 0 Å². The van der Waals surface area contributed by atoms with E-state index in [0.717, 1.165) is 20.6 Å². The first-order chi connectivity index (χ1) is 13.6. The summed E-state index contributed by atoms with van der Waals surface area (Å²) in [6, 6.07) is 13.4. The number of anilines is 2. The normalized spacial score (nSPS) is 12.1. The van der Waals surface area contributed by atoms with E-state index < -0.39 is 22.5 Å². The molecular formula is C20H24IN3O4S. The summed E-state index contributed by atoms with van der Waals surface area (Å²) in [5.41, 5.74) is 1.04. The van der Waals surface area contributed by atoms with Crippen LogP contribution in [0.1, 0.15) is 30.6 Å². The van der Waals surface area contributed by atoms with Gasteiger partial charge in [-0.2, -0.15) is 0 Å². The molecule has 9 heteroatoms. The van der Waals surface area contributed by atoms with Crippen molar-refractivity contribution in [3.8, 4) is 0 Å². The number of sulfonamides is 1. The van der Waals surface area contributed by atoms with E-state index in [4.69, 9.17) is 0 Å². The van der Waals surface area contributed by atoms with Crippen LogP contribution in [-0.2, 0) is 14.8 Å². The van der Waals surface area contributed by atoms with Gasteiger partial charge < -0.3 is 10.6 Å². The number of hydrogen-bond acceptors (Lipinski definition) is 4. The number of para-hydroxylation sites is 1. The molecule has 2 aromatic rings. The molecule has 0 aliphatic carbocycles. The van der Waals surface area contributed by atoms with E-state index in [-0.39, 0.29) is 11.9 Å². The minimum Gasteiger partial charge on any atom is -0.350 e. The first-order valence-electron chi connectivity index (χ1n) is 9.04. The van der Waals surface area contributed by atoms with Crippen LogP contribution >= 0.6 is 22.6 Å². The average Bonchev–Trinajstić information content (AvgIpc) is 2.66. The lowest BCUT2D eigenvalue weighted by molar-refractivity contribution is -0.114. The van der Waals surface area contributed by atoms with Crippen molar-refractivity contribution < 1.29 is 18.0 Å². The number of rotatable bonds is 8. The molecule has 0 spiro atoms. The fourth-order valence-electron chi connectivity index (χ4n) is 2.52. The van der Waals surface area contributed by atoms with Gasteiger partial charge in [-0.25, -0.2) is 8.42 Å². The second-order valence-electron chi connectivity index (χ2n) is 6.62. The van der Waals surface area contributed by atoms with Gasteiger partial charge in [0.05, 0.1) is 23.2 Å². The van der Waals surface area contributed by atoms with Gasteiger partial charge in [0.2, 0.25) is 15.9 Å². The van der Waals surface area contributed by atoms with E-state index in [1.54, 1.807) is 48.5 Å². The minimum atomic E-state index is -3.67. The molecule has 0 fully saturated rings. The summed E-state index contributed by atoms with van der Waals surface area (Å²) in [5.74, 6) is -0.842. The second-order valence-corrected chi connectivity index (χ2v) is 9.78. The van der Waals surface area contributed by atoms with Crippen LogP contribution in [0.15, 0.2) is 48.5 Å². The highest BCUT2D eigenvalue weighted by Gasteiger charge is 2.22. The molecule has 0 bridgehead atoms. The Bertz CT molecular complexity index is 977. The minimum absolute atomic E-state index is 0.00661. The lowest BCUT2D eigenvalue weighted by Gasteiger charge is -2.22. The van der Waals surface area contributed by atoms with Gasteiger partial charge in [-0.15, -0.1) is 0 Å². The third-order valence-electron chi connectivity index (χ3n) is 4.24. The van der Waals surface area contributed by atoms with E-state index in [2.05, 4.69) is 33.2 Å². The maximum atomic E-state index is 12.6. The molecule has 2 N–H and O–H groups in total. The molecule has 0 saturated carbocycles. The Hall–Kier alpha value is -2.14. The summed E-state index contributed by atoms with van der Waals surface area (Å²) in [6.07, 6.45) is 1.82. The smallest absolute Gasteiger partial charge is 0.253 e. The average molecular weight is 529 g/mol. The number of halogens is 1. The number of amides is 2. The van der Waals surface area contributed by atoms with Crippen LogP contribution in [0, 0.1) is 3.57 Å². The zero-order valence-corrected chi connectivity index (χ0v) is 19.5. The van der Waals surface area contributed by atoms with Crippen molar-refractivity contribution in [3.63, 3.8) is 0 Å². The molecule has 0 unspecified atom stereocenters. The summed E-state index contributed by atoms with van der Waals surface area (Å²) in [5, 5.41) is 5.52. The van der Waals surface area contributed by atoms with Gasteiger partial charge in [0.15, 0.2) is 0 Å². The highest BCUT2D eigenvalue weighted by molar-refractivity contribution is 14.1. The van der Waals surface area contributed by atoms with Gasteiger partial charge in [-0.05, 0) is 72.3 Å². The van der Waals surface area contributed by atoms with E-state index in [9.17, 15) is 18.0 Å². The maximum absolute atomic E-state index is 12.6. The number of nitrogens with zero attached hydrogens (tertiary/aromatic N) is 1. The van der Waals surface area contributed by atoms with Crippen LogP contribution in [0.3, 0.4) is 0 Å². The quantitative estimate of drug-likeness (QED) is 0.514. The molecule has 1 atom stereocenters. The summed E-state index contributed by atoms with van der Waals surface area (Å²) in [4.78, 5) is 25.1. The van der Waals surface area contributed by atoms with Crippen molar-refractivity contribution in [1.82, 2.24) is 5.32 Å². The van der Waals surface area contributed by atoms with E-state index >= 15 is 0 Å². The molecular weight excluding hydrogens is 505 g/mol. The van der Waals surface area contributed by atoms with Crippen LogP contribution in [-0.4, -0.2) is 39.1 Å². The zero-order valence-electron chi connectivity index (χ0n) is 16.5. The van der Waals surface area contributed by atoms with Crippen molar-refractivity contribution in [2.75, 3.05) is 22.4 Å². The third kappa shape index (κ3) is 6.70. The van der Waals surface area contributed by atoms with Gasteiger partial charge in [-0.3, -0.25) is 13.9 Å². The molecule has 2 aromatic carbocycles. The Morgan fingerprint density at radius 1 is 1.10 bits per heavy atom. The van der Waals surface area contributed by atoms with E-state index in [0.29, 0.717) is 16.9 Å². The van der Waals surface area contributed by atoms with Gasteiger partial charge in [0, 0.05) is 9.61 Å². The molecule has 0 heterocycles. The predicted molar refractivity (Wildman–Crippen MR) is 124 cm³/mol. The monoisotopic (exact) mass is 529 g/mol.